The molecule has 0 aliphatic carbocycles. The van der Waals surface area contributed by atoms with Crippen LogP contribution in [0.2, 0.25) is 0 Å². The summed E-state index contributed by atoms with van der Waals surface area (Å²) in [6.45, 7) is 2.98. The molecule has 1 aliphatic heterocycles. The summed E-state index contributed by atoms with van der Waals surface area (Å²) in [4.78, 5) is 2.00. The molecule has 1 saturated heterocycles. The van der Waals surface area contributed by atoms with Crippen LogP contribution in [0.1, 0.15) is 11.1 Å². The quantitative estimate of drug-likeness (QED) is 0.735. The van der Waals surface area contributed by atoms with Crippen molar-refractivity contribution in [2.75, 3.05) is 38.2 Å². The molecule has 1 aromatic rings. The first-order chi connectivity index (χ1) is 9.50. The van der Waals surface area contributed by atoms with Gasteiger partial charge in [-0.1, -0.05) is 6.07 Å². The average Bonchev–Trinajstić information content (AvgIpc) is 2.41. The van der Waals surface area contributed by atoms with Gasteiger partial charge in [0.1, 0.15) is 6.73 Å². The first-order valence-electron chi connectivity index (χ1n) is 6.48. The monoisotopic (exact) mass is 289 g/mol. The van der Waals surface area contributed by atoms with Crippen LogP contribution in [0.3, 0.4) is 0 Å². The summed E-state index contributed by atoms with van der Waals surface area (Å²) in [5.74, 6) is 0. The second-order valence-electron chi connectivity index (χ2n) is 4.73. The molecular weight excluding hydrogens is 271 g/mol. The van der Waals surface area contributed by atoms with E-state index >= 15 is 0 Å². The van der Waals surface area contributed by atoms with Crippen LogP contribution >= 0.6 is 0 Å². The molecule has 1 aliphatic rings. The molecule has 2 rings (SSSR count). The lowest BCUT2D eigenvalue weighted by atomic mass is 10.0. The van der Waals surface area contributed by atoms with E-state index in [2.05, 4.69) is 10.6 Å². The van der Waals surface area contributed by atoms with Gasteiger partial charge in [0.15, 0.2) is 0 Å². The number of hydrogen-bond donors (Lipinski definition) is 3. The third kappa shape index (κ3) is 3.84. The number of nitrogens with one attached hydrogen (secondary N) is 2. The van der Waals surface area contributed by atoms with E-state index < -0.39 is 18.5 Å². The van der Waals surface area contributed by atoms with Crippen LogP contribution in [0.5, 0.6) is 0 Å². The van der Waals surface area contributed by atoms with Gasteiger partial charge in [-0.05, 0) is 17.7 Å². The minimum Gasteiger partial charge on any atom is -0.377 e. The van der Waals surface area contributed by atoms with Gasteiger partial charge >= 0.3 is 6.18 Å². The van der Waals surface area contributed by atoms with E-state index in [9.17, 15) is 13.2 Å². The van der Waals surface area contributed by atoms with E-state index in [0.717, 1.165) is 32.2 Å². The predicted molar refractivity (Wildman–Crippen MR) is 70.3 cm³/mol. The Morgan fingerprint density at radius 3 is 2.55 bits per heavy atom. The van der Waals surface area contributed by atoms with Crippen molar-refractivity contribution < 1.29 is 18.3 Å². The fraction of sp³-hybridized carbons (Fsp3) is 0.538. The third-order valence-electron chi connectivity index (χ3n) is 3.30. The Balaban J connectivity index is 2.21. The predicted octanol–water partition coefficient (Wildman–Crippen LogP) is 1.47. The molecule has 3 N–H and O–H groups in total. The van der Waals surface area contributed by atoms with Gasteiger partial charge in [-0.3, -0.25) is 4.90 Å². The summed E-state index contributed by atoms with van der Waals surface area (Å²) < 4.78 is 39.3. The van der Waals surface area contributed by atoms with E-state index in [4.69, 9.17) is 5.11 Å². The second kappa shape index (κ2) is 6.43. The van der Waals surface area contributed by atoms with Crippen molar-refractivity contribution in [3.05, 3.63) is 29.3 Å². The molecule has 1 fully saturated rings. The zero-order chi connectivity index (χ0) is 14.6. The van der Waals surface area contributed by atoms with Gasteiger partial charge in [0.05, 0.1) is 5.56 Å². The largest absolute Gasteiger partial charge is 0.416 e. The maximum atomic E-state index is 13.1. The van der Waals surface area contributed by atoms with E-state index in [1.807, 2.05) is 4.90 Å². The number of aliphatic hydroxyl groups excluding tert-OH is 1. The highest BCUT2D eigenvalue weighted by atomic mass is 19.4. The fourth-order valence-corrected chi connectivity index (χ4v) is 2.29. The van der Waals surface area contributed by atoms with Crippen LogP contribution < -0.4 is 10.6 Å². The number of anilines is 1. The van der Waals surface area contributed by atoms with Crippen LogP contribution in [0.4, 0.5) is 18.9 Å². The zero-order valence-electron chi connectivity index (χ0n) is 11.0. The number of alkyl halides is 3. The molecule has 0 unspecified atom stereocenters. The summed E-state index contributed by atoms with van der Waals surface area (Å²) in [7, 11) is 0. The molecule has 112 valence electrons. The molecule has 0 aromatic heterocycles. The Morgan fingerprint density at radius 1 is 1.25 bits per heavy atom. The van der Waals surface area contributed by atoms with E-state index in [-0.39, 0.29) is 17.8 Å². The van der Waals surface area contributed by atoms with Crippen LogP contribution in [-0.2, 0) is 12.7 Å². The Kier molecular flexibility index (Phi) is 4.85. The van der Waals surface area contributed by atoms with Crippen molar-refractivity contribution in [2.45, 2.75) is 12.7 Å². The third-order valence-corrected chi connectivity index (χ3v) is 3.30. The molecule has 7 heteroatoms. The van der Waals surface area contributed by atoms with Crippen molar-refractivity contribution in [3.63, 3.8) is 0 Å². The fourth-order valence-electron chi connectivity index (χ4n) is 2.29. The molecule has 0 atom stereocenters. The maximum absolute atomic E-state index is 13.1. The van der Waals surface area contributed by atoms with Crippen LogP contribution in [-0.4, -0.2) is 42.9 Å². The number of piperazine rings is 1. The van der Waals surface area contributed by atoms with Gasteiger partial charge < -0.3 is 15.7 Å². The number of rotatable bonds is 4. The summed E-state index contributed by atoms with van der Waals surface area (Å²) in [5.41, 5.74) is -0.110. The first kappa shape index (κ1) is 15.1. The lowest BCUT2D eigenvalue weighted by Gasteiger charge is -2.28. The normalized spacial score (nSPS) is 17.2. The zero-order valence-corrected chi connectivity index (χ0v) is 11.0. The summed E-state index contributed by atoms with van der Waals surface area (Å²) in [6, 6.07) is 4.08. The van der Waals surface area contributed by atoms with E-state index in [1.165, 1.54) is 6.07 Å². The number of benzene rings is 1. The van der Waals surface area contributed by atoms with Gasteiger partial charge in [0.2, 0.25) is 0 Å². The van der Waals surface area contributed by atoms with Gasteiger partial charge in [-0.2, -0.15) is 13.2 Å². The Morgan fingerprint density at radius 2 is 1.95 bits per heavy atom. The maximum Gasteiger partial charge on any atom is 0.416 e. The van der Waals surface area contributed by atoms with Gasteiger partial charge in [0, 0.05) is 38.4 Å². The molecule has 0 spiro atoms. The minimum absolute atomic E-state index is 0.267. The van der Waals surface area contributed by atoms with Gasteiger partial charge in [0.25, 0.3) is 0 Å². The topological polar surface area (TPSA) is 47.5 Å². The number of nitrogens with zero attached hydrogens (tertiary/aromatic N) is 1. The van der Waals surface area contributed by atoms with E-state index in [0.29, 0.717) is 0 Å². The molecule has 4 nitrogen and oxygen atoms in total. The Labute approximate surface area is 115 Å². The van der Waals surface area contributed by atoms with Crippen molar-refractivity contribution in [1.29, 1.82) is 0 Å². The first-order valence-corrected chi connectivity index (χ1v) is 6.48. The summed E-state index contributed by atoms with van der Waals surface area (Å²) >= 11 is 0. The minimum atomic E-state index is -4.39. The van der Waals surface area contributed by atoms with Crippen molar-refractivity contribution in [1.82, 2.24) is 10.2 Å². The molecule has 1 heterocycles. The SMILES string of the molecule is OCNc1ccc(CN2CCNCC2)c(C(F)(F)F)c1. The molecule has 0 saturated carbocycles. The number of halogens is 3. The number of aliphatic hydroxyl groups is 1. The highest BCUT2D eigenvalue weighted by molar-refractivity contribution is 5.49. The van der Waals surface area contributed by atoms with Gasteiger partial charge in [-0.15, -0.1) is 0 Å². The molecule has 1 aromatic carbocycles. The van der Waals surface area contributed by atoms with Crippen LogP contribution in [0.15, 0.2) is 18.2 Å². The molecule has 20 heavy (non-hydrogen) atoms. The lowest BCUT2D eigenvalue weighted by Crippen LogP contribution is -2.43. The molecule has 0 radical (unpaired) electrons. The van der Waals surface area contributed by atoms with Crippen molar-refractivity contribution >= 4 is 5.69 Å². The highest BCUT2D eigenvalue weighted by Crippen LogP contribution is 2.34. The molecular formula is C13H18F3N3O. The lowest BCUT2D eigenvalue weighted by molar-refractivity contribution is -0.138. The van der Waals surface area contributed by atoms with Crippen LogP contribution in [0.25, 0.3) is 0 Å². The highest BCUT2D eigenvalue weighted by Gasteiger charge is 2.34. The summed E-state index contributed by atoms with van der Waals surface area (Å²) in [5, 5.41) is 14.4. The Bertz CT molecular complexity index is 445. The smallest absolute Gasteiger partial charge is 0.377 e. The Hall–Kier alpha value is -1.31. The average molecular weight is 289 g/mol. The number of hydrogen-bond acceptors (Lipinski definition) is 4. The molecule has 0 amide bonds. The second-order valence-corrected chi connectivity index (χ2v) is 4.73. The standard InChI is InChI=1S/C13H18F3N3O/c14-13(15,16)12-7-11(18-9-20)2-1-10(12)8-19-5-3-17-4-6-19/h1-2,7,17-18,20H,3-6,8-9H2. The molecule has 0 bridgehead atoms. The van der Waals surface area contributed by atoms with Gasteiger partial charge in [-0.25, -0.2) is 0 Å². The van der Waals surface area contributed by atoms with Crippen LogP contribution in [0, 0.1) is 0 Å². The van der Waals surface area contributed by atoms with E-state index in [1.54, 1.807) is 6.07 Å². The van der Waals surface area contributed by atoms with Crippen molar-refractivity contribution in [2.24, 2.45) is 0 Å². The van der Waals surface area contributed by atoms with Crippen molar-refractivity contribution in [3.8, 4) is 0 Å². The summed E-state index contributed by atoms with van der Waals surface area (Å²) in [6.07, 6.45) is -4.39.